The molecule has 1 aromatic rings. The molecule has 1 rings (SSSR count). The van der Waals surface area contributed by atoms with E-state index in [1.165, 1.54) is 0 Å². The zero-order chi connectivity index (χ0) is 16.0. The maximum Gasteiger partial charge on any atom is 0.573 e. The monoisotopic (exact) mass is 302 g/mol. The standard InChI is InChI=1S/C13H13F3N2O3/c1-2-20-12(19)5-8-3-10(7-18)11(4-9(8)6-17)21-13(14,15)16/h3-4H,2,5-6,17H2,1H3. The number of alkyl halides is 3. The van der Waals surface area contributed by atoms with Crippen LogP contribution in [0.1, 0.15) is 23.6 Å². The molecule has 0 amide bonds. The number of nitrogens with two attached hydrogens (primary N) is 1. The summed E-state index contributed by atoms with van der Waals surface area (Å²) in [4.78, 5) is 11.4. The van der Waals surface area contributed by atoms with Crippen LogP contribution >= 0.6 is 0 Å². The fraction of sp³-hybridized carbons (Fsp3) is 0.385. The average Bonchev–Trinajstić information content (AvgIpc) is 2.38. The number of halogens is 3. The minimum Gasteiger partial charge on any atom is -0.466 e. The van der Waals surface area contributed by atoms with Crippen molar-refractivity contribution in [1.29, 1.82) is 5.26 Å². The molecule has 0 aliphatic carbocycles. The van der Waals surface area contributed by atoms with Crippen LogP contribution in [-0.4, -0.2) is 18.9 Å². The molecule has 114 valence electrons. The number of benzene rings is 1. The lowest BCUT2D eigenvalue weighted by Crippen LogP contribution is -2.19. The van der Waals surface area contributed by atoms with Gasteiger partial charge in [0.1, 0.15) is 11.8 Å². The maximum atomic E-state index is 12.3. The Morgan fingerprint density at radius 1 is 1.38 bits per heavy atom. The predicted molar refractivity (Wildman–Crippen MR) is 66.1 cm³/mol. The summed E-state index contributed by atoms with van der Waals surface area (Å²) in [6.45, 7) is 1.70. The van der Waals surface area contributed by atoms with Gasteiger partial charge in [-0.3, -0.25) is 4.79 Å². The number of nitrogens with zero attached hydrogens (tertiary/aromatic N) is 1. The number of hydrogen-bond acceptors (Lipinski definition) is 5. The number of nitriles is 1. The van der Waals surface area contributed by atoms with Crippen LogP contribution in [0.4, 0.5) is 13.2 Å². The van der Waals surface area contributed by atoms with E-state index in [-0.39, 0.29) is 30.7 Å². The molecule has 0 heterocycles. The minimum absolute atomic E-state index is 0.103. The first-order valence-corrected chi connectivity index (χ1v) is 5.98. The van der Waals surface area contributed by atoms with Gasteiger partial charge in [0, 0.05) is 6.54 Å². The summed E-state index contributed by atoms with van der Waals surface area (Å²) in [5, 5.41) is 8.90. The van der Waals surface area contributed by atoms with E-state index in [0.717, 1.165) is 12.1 Å². The molecule has 0 saturated heterocycles. The zero-order valence-electron chi connectivity index (χ0n) is 11.2. The van der Waals surface area contributed by atoms with Crippen LogP contribution < -0.4 is 10.5 Å². The quantitative estimate of drug-likeness (QED) is 0.841. The average molecular weight is 302 g/mol. The third-order valence-electron chi connectivity index (χ3n) is 2.51. The topological polar surface area (TPSA) is 85.3 Å². The second kappa shape index (κ2) is 6.95. The van der Waals surface area contributed by atoms with Gasteiger partial charge in [0.2, 0.25) is 0 Å². The van der Waals surface area contributed by atoms with Crippen LogP contribution in [0.2, 0.25) is 0 Å². The Hall–Kier alpha value is -2.27. The van der Waals surface area contributed by atoms with Gasteiger partial charge in [0.05, 0.1) is 18.6 Å². The third-order valence-corrected chi connectivity index (χ3v) is 2.51. The molecule has 0 radical (unpaired) electrons. The first-order chi connectivity index (χ1) is 9.80. The molecule has 2 N–H and O–H groups in total. The Labute approximate surface area is 119 Å². The van der Waals surface area contributed by atoms with Crippen LogP contribution in [0.15, 0.2) is 12.1 Å². The highest BCUT2D eigenvalue weighted by atomic mass is 19.4. The van der Waals surface area contributed by atoms with Crippen molar-refractivity contribution in [2.24, 2.45) is 5.73 Å². The molecule has 1 aromatic carbocycles. The summed E-state index contributed by atoms with van der Waals surface area (Å²) in [6.07, 6.45) is -5.10. The largest absolute Gasteiger partial charge is 0.573 e. The lowest BCUT2D eigenvalue weighted by Gasteiger charge is -2.14. The molecule has 0 bridgehead atoms. The van der Waals surface area contributed by atoms with Gasteiger partial charge in [0.15, 0.2) is 0 Å². The third kappa shape index (κ3) is 4.96. The molecular formula is C13H13F3N2O3. The van der Waals surface area contributed by atoms with Crippen molar-refractivity contribution < 1.29 is 27.4 Å². The summed E-state index contributed by atoms with van der Waals surface area (Å²) in [5.74, 6) is -1.20. The molecule has 21 heavy (non-hydrogen) atoms. The van der Waals surface area contributed by atoms with E-state index in [4.69, 9.17) is 15.7 Å². The number of esters is 1. The second-order valence-electron chi connectivity index (χ2n) is 3.96. The minimum atomic E-state index is -4.92. The van der Waals surface area contributed by atoms with Gasteiger partial charge in [-0.1, -0.05) is 0 Å². The summed E-state index contributed by atoms with van der Waals surface area (Å²) in [6, 6.07) is 3.76. The maximum absolute atomic E-state index is 12.3. The number of ether oxygens (including phenoxy) is 2. The van der Waals surface area contributed by atoms with Crippen LogP contribution in [0.25, 0.3) is 0 Å². The zero-order valence-corrected chi connectivity index (χ0v) is 11.2. The molecule has 0 spiro atoms. The van der Waals surface area contributed by atoms with Crippen LogP contribution in [0.3, 0.4) is 0 Å². The van der Waals surface area contributed by atoms with Gasteiger partial charge in [-0.25, -0.2) is 0 Å². The lowest BCUT2D eigenvalue weighted by molar-refractivity contribution is -0.274. The van der Waals surface area contributed by atoms with Crippen molar-refractivity contribution in [2.45, 2.75) is 26.3 Å². The van der Waals surface area contributed by atoms with E-state index in [0.29, 0.717) is 5.56 Å². The molecule has 8 heteroatoms. The van der Waals surface area contributed by atoms with Gasteiger partial charge in [-0.15, -0.1) is 13.2 Å². The number of carbonyl (C=O) groups is 1. The normalized spacial score (nSPS) is 10.9. The van der Waals surface area contributed by atoms with Gasteiger partial charge >= 0.3 is 12.3 Å². The highest BCUT2D eigenvalue weighted by Gasteiger charge is 2.32. The summed E-state index contributed by atoms with van der Waals surface area (Å²) in [7, 11) is 0. The molecule has 0 saturated carbocycles. The Bertz CT molecular complexity index is 565. The van der Waals surface area contributed by atoms with Crippen LogP contribution in [-0.2, 0) is 22.5 Å². The van der Waals surface area contributed by atoms with Gasteiger partial charge < -0.3 is 15.2 Å². The van der Waals surface area contributed by atoms with E-state index in [2.05, 4.69) is 4.74 Å². The summed E-state index contributed by atoms with van der Waals surface area (Å²) >= 11 is 0. The SMILES string of the molecule is CCOC(=O)Cc1cc(C#N)c(OC(F)(F)F)cc1CN. The Kier molecular flexibility index (Phi) is 5.55. The molecule has 0 atom stereocenters. The number of carbonyl (C=O) groups excluding carboxylic acids is 1. The van der Waals surface area contributed by atoms with Crippen LogP contribution in [0.5, 0.6) is 5.75 Å². The summed E-state index contributed by atoms with van der Waals surface area (Å²) < 4.78 is 45.3. The molecule has 0 aliphatic heterocycles. The van der Waals surface area contributed by atoms with Crippen molar-refractivity contribution in [3.63, 3.8) is 0 Å². The van der Waals surface area contributed by atoms with E-state index in [1.807, 2.05) is 0 Å². The van der Waals surface area contributed by atoms with Crippen molar-refractivity contribution in [3.8, 4) is 11.8 Å². The van der Waals surface area contributed by atoms with Crippen molar-refractivity contribution >= 4 is 5.97 Å². The first-order valence-electron chi connectivity index (χ1n) is 5.98. The van der Waals surface area contributed by atoms with Crippen LogP contribution in [0, 0.1) is 11.3 Å². The van der Waals surface area contributed by atoms with E-state index < -0.39 is 18.1 Å². The highest BCUT2D eigenvalue weighted by Crippen LogP contribution is 2.29. The molecule has 0 unspecified atom stereocenters. The highest BCUT2D eigenvalue weighted by molar-refractivity contribution is 5.73. The fourth-order valence-corrected chi connectivity index (χ4v) is 1.69. The molecular weight excluding hydrogens is 289 g/mol. The molecule has 5 nitrogen and oxygen atoms in total. The second-order valence-corrected chi connectivity index (χ2v) is 3.96. The molecule has 0 fully saturated rings. The smallest absolute Gasteiger partial charge is 0.466 e. The van der Waals surface area contributed by atoms with E-state index in [1.54, 1.807) is 13.0 Å². The van der Waals surface area contributed by atoms with Gasteiger partial charge in [0.25, 0.3) is 0 Å². The number of rotatable bonds is 5. The fourth-order valence-electron chi connectivity index (χ4n) is 1.69. The van der Waals surface area contributed by atoms with Crippen molar-refractivity contribution in [2.75, 3.05) is 6.61 Å². The summed E-state index contributed by atoms with van der Waals surface area (Å²) in [5.41, 5.74) is 5.74. The van der Waals surface area contributed by atoms with E-state index in [9.17, 15) is 18.0 Å². The Morgan fingerprint density at radius 2 is 2.05 bits per heavy atom. The Morgan fingerprint density at radius 3 is 2.52 bits per heavy atom. The lowest BCUT2D eigenvalue weighted by atomic mass is 10.0. The van der Waals surface area contributed by atoms with E-state index >= 15 is 0 Å². The van der Waals surface area contributed by atoms with Gasteiger partial charge in [-0.05, 0) is 30.2 Å². The van der Waals surface area contributed by atoms with Gasteiger partial charge in [-0.2, -0.15) is 5.26 Å². The first kappa shape index (κ1) is 16.8. The predicted octanol–water partition coefficient (Wildman–Crippen LogP) is 2.02. The molecule has 0 aromatic heterocycles. The van der Waals surface area contributed by atoms with Crippen molar-refractivity contribution in [3.05, 3.63) is 28.8 Å². The van der Waals surface area contributed by atoms with Crippen molar-refractivity contribution in [1.82, 2.24) is 0 Å². The Balaban J connectivity index is 3.17. The number of hydrogen-bond donors (Lipinski definition) is 1. The molecule has 0 aliphatic rings.